The molecule has 2 saturated heterocycles. The fourth-order valence-electron chi connectivity index (χ4n) is 6.67. The van der Waals surface area contributed by atoms with Crippen LogP contribution in [0.3, 0.4) is 0 Å². The van der Waals surface area contributed by atoms with Gasteiger partial charge in [0.1, 0.15) is 12.1 Å². The Hall–Kier alpha value is -3.94. The molecule has 3 aliphatic rings. The first-order valence-electron chi connectivity index (χ1n) is 18.0. The number of imide groups is 1. The van der Waals surface area contributed by atoms with E-state index >= 15 is 0 Å². The van der Waals surface area contributed by atoms with Crippen LogP contribution in [0.1, 0.15) is 96.3 Å². The molecule has 0 spiro atoms. The van der Waals surface area contributed by atoms with Gasteiger partial charge in [0.25, 0.3) is 0 Å². The van der Waals surface area contributed by atoms with Gasteiger partial charge in [0.2, 0.25) is 35.4 Å². The first-order chi connectivity index (χ1) is 24.1. The van der Waals surface area contributed by atoms with Crippen LogP contribution in [-0.2, 0) is 33.6 Å². The minimum atomic E-state index is -0.762. The fourth-order valence-corrected chi connectivity index (χ4v) is 7.85. The third kappa shape index (κ3) is 12.4. The number of rotatable bonds is 20. The van der Waals surface area contributed by atoms with E-state index < -0.39 is 23.3 Å². The first kappa shape index (κ1) is 38.9. The molecule has 2 heterocycles. The number of carboxylic acid groups (broad SMARTS) is 1. The standard InChI is InChI=1S/C36H51N5O8S/c42-30(37-23-24-14-16-25(17-15-24)36(48)49)13-7-2-8-20-41-32(44)22-29(35(41)47)50-21-9-3-6-12-27(33(45)38-26-10-4-1-5-11-26)40-34(46)28-18-19-31(43)39-28/h1,4-5,10-11,24-25,27-29H,2-3,6-9,12-23H2,(H,37,42)(H,38,45)(H,39,43)(H,40,46)(H,48,49). The maximum Gasteiger partial charge on any atom is 0.306 e. The van der Waals surface area contributed by atoms with Gasteiger partial charge in [0.05, 0.1) is 11.2 Å². The molecule has 3 fully saturated rings. The molecular weight excluding hydrogens is 662 g/mol. The number of carboxylic acids is 1. The van der Waals surface area contributed by atoms with Crippen molar-refractivity contribution in [3.63, 3.8) is 0 Å². The van der Waals surface area contributed by atoms with Crippen LogP contribution in [-0.4, -0.2) is 87.6 Å². The molecule has 14 heteroatoms. The number of benzene rings is 1. The van der Waals surface area contributed by atoms with E-state index in [0.29, 0.717) is 81.8 Å². The van der Waals surface area contributed by atoms with Gasteiger partial charge in [-0.15, -0.1) is 11.8 Å². The lowest BCUT2D eigenvalue weighted by molar-refractivity contribution is -0.143. The number of aliphatic carboxylic acids is 1. The van der Waals surface area contributed by atoms with Crippen molar-refractivity contribution in [1.82, 2.24) is 20.9 Å². The summed E-state index contributed by atoms with van der Waals surface area (Å²) in [7, 11) is 0. The molecule has 50 heavy (non-hydrogen) atoms. The maximum absolute atomic E-state index is 13.0. The summed E-state index contributed by atoms with van der Waals surface area (Å²) >= 11 is 1.48. The second-order valence-corrected chi connectivity index (χ2v) is 14.9. The van der Waals surface area contributed by atoms with Crippen molar-refractivity contribution < 1.29 is 38.7 Å². The summed E-state index contributed by atoms with van der Waals surface area (Å²) in [5.41, 5.74) is 0.626. The van der Waals surface area contributed by atoms with Gasteiger partial charge in [-0.05, 0) is 81.6 Å². The minimum Gasteiger partial charge on any atom is -0.481 e. The highest BCUT2D eigenvalue weighted by molar-refractivity contribution is 8.00. The van der Waals surface area contributed by atoms with E-state index in [0.717, 1.165) is 32.1 Å². The van der Waals surface area contributed by atoms with Gasteiger partial charge in [-0.1, -0.05) is 37.5 Å². The van der Waals surface area contributed by atoms with Gasteiger partial charge in [-0.3, -0.25) is 38.5 Å². The second kappa shape index (κ2) is 20.0. The summed E-state index contributed by atoms with van der Waals surface area (Å²) < 4.78 is 0. The van der Waals surface area contributed by atoms with Crippen LogP contribution >= 0.6 is 11.8 Å². The van der Waals surface area contributed by atoms with Crippen molar-refractivity contribution in [2.75, 3.05) is 24.2 Å². The van der Waals surface area contributed by atoms with Gasteiger partial charge in [-0.2, -0.15) is 0 Å². The second-order valence-electron chi connectivity index (χ2n) is 13.5. The highest BCUT2D eigenvalue weighted by atomic mass is 32.2. The van der Waals surface area contributed by atoms with E-state index in [4.69, 9.17) is 5.11 Å². The molecule has 6 amide bonds. The van der Waals surface area contributed by atoms with Crippen LogP contribution in [0.2, 0.25) is 0 Å². The summed E-state index contributed by atoms with van der Waals surface area (Å²) in [6.07, 6.45) is 8.89. The summed E-state index contributed by atoms with van der Waals surface area (Å²) in [6, 6.07) is 7.59. The van der Waals surface area contributed by atoms with Gasteiger partial charge in [0.15, 0.2) is 0 Å². The van der Waals surface area contributed by atoms with Gasteiger partial charge in [0, 0.05) is 38.0 Å². The van der Waals surface area contributed by atoms with E-state index in [1.54, 1.807) is 12.1 Å². The number of thioether (sulfide) groups is 1. The number of carbonyl (C=O) groups excluding carboxylic acids is 6. The lowest BCUT2D eigenvalue weighted by Crippen LogP contribution is -2.50. The maximum atomic E-state index is 13.0. The quantitative estimate of drug-likeness (QED) is 0.0996. The summed E-state index contributed by atoms with van der Waals surface area (Å²) in [4.78, 5) is 87.5. The molecular formula is C36H51N5O8S. The minimum absolute atomic E-state index is 0.0232. The number of carbonyl (C=O) groups is 7. The number of nitrogens with one attached hydrogen (secondary N) is 4. The van der Waals surface area contributed by atoms with Crippen LogP contribution < -0.4 is 21.3 Å². The lowest BCUT2D eigenvalue weighted by atomic mass is 9.82. The third-order valence-electron chi connectivity index (χ3n) is 9.71. The summed E-state index contributed by atoms with van der Waals surface area (Å²) in [5, 5.41) is 20.0. The Bertz CT molecular complexity index is 1350. The Labute approximate surface area is 297 Å². The zero-order valence-corrected chi connectivity index (χ0v) is 29.5. The van der Waals surface area contributed by atoms with Crippen LogP contribution in [0.15, 0.2) is 30.3 Å². The normalized spacial score (nSPS) is 22.6. The highest BCUT2D eigenvalue weighted by Gasteiger charge is 2.38. The summed E-state index contributed by atoms with van der Waals surface area (Å²) in [6.45, 7) is 0.930. The lowest BCUT2D eigenvalue weighted by Gasteiger charge is -2.26. The number of hydrogen-bond donors (Lipinski definition) is 5. The molecule has 1 aromatic rings. The summed E-state index contributed by atoms with van der Waals surface area (Å²) in [5.74, 6) is -1.20. The fraction of sp³-hybridized carbons (Fsp3) is 0.639. The molecule has 0 aromatic heterocycles. The predicted molar refractivity (Wildman–Crippen MR) is 189 cm³/mol. The first-order valence-corrected chi connectivity index (χ1v) is 19.1. The van der Waals surface area contributed by atoms with Gasteiger partial charge >= 0.3 is 5.97 Å². The molecule has 1 saturated carbocycles. The van der Waals surface area contributed by atoms with Crippen LogP contribution in [0, 0.1) is 11.8 Å². The Morgan fingerprint density at radius 3 is 2.36 bits per heavy atom. The number of para-hydroxylation sites is 1. The molecule has 1 aromatic carbocycles. The van der Waals surface area contributed by atoms with Gasteiger partial charge < -0.3 is 26.4 Å². The molecule has 3 unspecified atom stereocenters. The number of amides is 6. The van der Waals surface area contributed by atoms with Gasteiger partial charge in [-0.25, -0.2) is 0 Å². The van der Waals surface area contributed by atoms with Crippen molar-refractivity contribution in [1.29, 1.82) is 0 Å². The highest BCUT2D eigenvalue weighted by Crippen LogP contribution is 2.29. The predicted octanol–water partition coefficient (Wildman–Crippen LogP) is 3.38. The van der Waals surface area contributed by atoms with Crippen molar-refractivity contribution in [2.45, 2.75) is 114 Å². The zero-order valence-electron chi connectivity index (χ0n) is 28.7. The van der Waals surface area contributed by atoms with Crippen molar-refractivity contribution >= 4 is 58.9 Å². The van der Waals surface area contributed by atoms with E-state index in [2.05, 4.69) is 21.3 Å². The van der Waals surface area contributed by atoms with Crippen molar-refractivity contribution in [3.05, 3.63) is 30.3 Å². The third-order valence-corrected chi connectivity index (χ3v) is 11.0. The molecule has 0 bridgehead atoms. The molecule has 3 atom stereocenters. The van der Waals surface area contributed by atoms with Crippen LogP contribution in [0.4, 0.5) is 5.69 Å². The van der Waals surface area contributed by atoms with E-state index in [1.807, 2.05) is 18.2 Å². The van der Waals surface area contributed by atoms with E-state index in [1.165, 1.54) is 16.7 Å². The smallest absolute Gasteiger partial charge is 0.306 e. The Balaban J connectivity index is 1.08. The van der Waals surface area contributed by atoms with E-state index in [9.17, 15) is 33.6 Å². The Morgan fingerprint density at radius 2 is 1.66 bits per heavy atom. The SMILES string of the molecule is O=C(CCCCCN1C(=O)CC(SCCCCCC(NC(=O)C2CCC(=O)N2)C(=O)Nc2ccccc2)C1=O)NCC1CCC(C(=O)O)CC1. The molecule has 274 valence electrons. The Morgan fingerprint density at radius 1 is 0.920 bits per heavy atom. The van der Waals surface area contributed by atoms with E-state index in [-0.39, 0.29) is 54.2 Å². The molecule has 0 radical (unpaired) electrons. The zero-order chi connectivity index (χ0) is 35.9. The average molecular weight is 714 g/mol. The molecule has 2 aliphatic heterocycles. The number of likely N-dealkylation sites (tertiary alicyclic amines) is 1. The monoisotopic (exact) mass is 713 g/mol. The topological polar surface area (TPSA) is 191 Å². The molecule has 13 nitrogen and oxygen atoms in total. The number of unbranched alkanes of at least 4 members (excludes halogenated alkanes) is 4. The average Bonchev–Trinajstić information content (AvgIpc) is 3.66. The van der Waals surface area contributed by atoms with Crippen LogP contribution in [0.5, 0.6) is 0 Å². The number of nitrogens with zero attached hydrogens (tertiary/aromatic N) is 1. The molecule has 1 aliphatic carbocycles. The Kier molecular flexibility index (Phi) is 15.6. The van der Waals surface area contributed by atoms with Crippen molar-refractivity contribution in [2.24, 2.45) is 11.8 Å². The van der Waals surface area contributed by atoms with Crippen molar-refractivity contribution in [3.8, 4) is 0 Å². The number of hydrogen-bond acceptors (Lipinski definition) is 8. The molecule has 4 rings (SSSR count). The number of anilines is 1. The van der Waals surface area contributed by atoms with Crippen LogP contribution in [0.25, 0.3) is 0 Å². The molecule has 5 N–H and O–H groups in total. The largest absolute Gasteiger partial charge is 0.481 e.